The SMILES string of the molecule is Cc1ccc(N2C[C@H](NC(=O)NCCC[NH+]3CCCCCC3)CC2=O)cc1C. The molecule has 3 rings (SSSR count). The van der Waals surface area contributed by atoms with Crippen molar-refractivity contribution in [2.45, 2.75) is 58.4 Å². The van der Waals surface area contributed by atoms with Gasteiger partial charge in [0.25, 0.3) is 0 Å². The Hall–Kier alpha value is -2.08. The minimum Gasteiger partial charge on any atom is -0.338 e. The number of urea groups is 1. The lowest BCUT2D eigenvalue weighted by molar-refractivity contribution is -0.899. The molecule has 0 spiro atoms. The maximum absolute atomic E-state index is 12.4. The molecule has 2 aliphatic heterocycles. The van der Waals surface area contributed by atoms with Crippen molar-refractivity contribution in [2.24, 2.45) is 0 Å². The first-order chi connectivity index (χ1) is 13.5. The molecule has 2 saturated heterocycles. The van der Waals surface area contributed by atoms with Crippen molar-refractivity contribution < 1.29 is 14.5 Å². The number of hydrogen-bond donors (Lipinski definition) is 3. The Morgan fingerprint density at radius 1 is 1.14 bits per heavy atom. The number of nitrogens with zero attached hydrogens (tertiary/aromatic N) is 1. The fraction of sp³-hybridized carbons (Fsp3) is 0.636. The van der Waals surface area contributed by atoms with E-state index in [1.165, 1.54) is 49.9 Å². The van der Waals surface area contributed by atoms with Crippen LogP contribution in [0.5, 0.6) is 0 Å². The lowest BCUT2D eigenvalue weighted by Crippen LogP contribution is -3.11. The molecular weight excluding hydrogens is 352 g/mol. The molecule has 28 heavy (non-hydrogen) atoms. The van der Waals surface area contributed by atoms with Crippen molar-refractivity contribution in [3.05, 3.63) is 29.3 Å². The lowest BCUT2D eigenvalue weighted by atomic mass is 10.1. The van der Waals surface area contributed by atoms with Gasteiger partial charge in [-0.2, -0.15) is 0 Å². The number of quaternary nitrogens is 1. The van der Waals surface area contributed by atoms with Crippen molar-refractivity contribution >= 4 is 17.6 Å². The summed E-state index contributed by atoms with van der Waals surface area (Å²) in [5.74, 6) is 0.0679. The molecule has 2 fully saturated rings. The van der Waals surface area contributed by atoms with E-state index in [1.807, 2.05) is 18.2 Å². The van der Waals surface area contributed by atoms with E-state index in [9.17, 15) is 9.59 Å². The van der Waals surface area contributed by atoms with Crippen LogP contribution in [0.25, 0.3) is 0 Å². The van der Waals surface area contributed by atoms with Gasteiger partial charge in [-0.05, 0) is 62.8 Å². The molecule has 0 aliphatic carbocycles. The molecule has 0 aromatic heterocycles. The topological polar surface area (TPSA) is 65.9 Å². The van der Waals surface area contributed by atoms with Crippen LogP contribution < -0.4 is 20.4 Å². The number of hydrogen-bond acceptors (Lipinski definition) is 2. The lowest BCUT2D eigenvalue weighted by Gasteiger charge is -2.19. The van der Waals surface area contributed by atoms with Gasteiger partial charge >= 0.3 is 6.03 Å². The fourth-order valence-corrected chi connectivity index (χ4v) is 4.20. The van der Waals surface area contributed by atoms with Crippen LogP contribution in [0.4, 0.5) is 10.5 Å². The fourth-order valence-electron chi connectivity index (χ4n) is 4.20. The average molecular weight is 388 g/mol. The predicted octanol–water partition coefficient (Wildman–Crippen LogP) is 1.56. The van der Waals surface area contributed by atoms with E-state index in [0.29, 0.717) is 19.5 Å². The van der Waals surface area contributed by atoms with Gasteiger partial charge in [-0.1, -0.05) is 6.07 Å². The van der Waals surface area contributed by atoms with E-state index in [4.69, 9.17) is 0 Å². The summed E-state index contributed by atoms with van der Waals surface area (Å²) >= 11 is 0. The maximum Gasteiger partial charge on any atom is 0.315 e. The van der Waals surface area contributed by atoms with E-state index in [2.05, 4.69) is 24.5 Å². The summed E-state index contributed by atoms with van der Waals surface area (Å²) in [7, 11) is 0. The van der Waals surface area contributed by atoms with Crippen molar-refractivity contribution in [3.63, 3.8) is 0 Å². The quantitative estimate of drug-likeness (QED) is 0.649. The Kier molecular flexibility index (Phi) is 7.31. The molecule has 1 aromatic rings. The molecule has 2 heterocycles. The summed E-state index contributed by atoms with van der Waals surface area (Å²) in [4.78, 5) is 28.0. The predicted molar refractivity (Wildman–Crippen MR) is 112 cm³/mol. The van der Waals surface area contributed by atoms with E-state index >= 15 is 0 Å². The summed E-state index contributed by atoms with van der Waals surface area (Å²) in [6.07, 6.45) is 6.75. The minimum atomic E-state index is -0.161. The maximum atomic E-state index is 12.4. The summed E-state index contributed by atoms with van der Waals surface area (Å²) in [5, 5.41) is 5.92. The first-order valence-corrected chi connectivity index (χ1v) is 10.8. The third kappa shape index (κ3) is 5.71. The number of anilines is 1. The van der Waals surface area contributed by atoms with Crippen LogP contribution in [0.2, 0.25) is 0 Å². The highest BCUT2D eigenvalue weighted by atomic mass is 16.2. The molecule has 0 unspecified atom stereocenters. The zero-order valence-electron chi connectivity index (χ0n) is 17.4. The van der Waals surface area contributed by atoms with Crippen LogP contribution in [-0.4, -0.2) is 50.7 Å². The number of likely N-dealkylation sites (tertiary alicyclic amines) is 1. The Bertz CT molecular complexity index is 683. The smallest absolute Gasteiger partial charge is 0.315 e. The normalized spacial score (nSPS) is 20.9. The minimum absolute atomic E-state index is 0.0679. The highest BCUT2D eigenvalue weighted by molar-refractivity contribution is 5.96. The monoisotopic (exact) mass is 387 g/mol. The van der Waals surface area contributed by atoms with Gasteiger partial charge in [0.05, 0.1) is 25.7 Å². The van der Waals surface area contributed by atoms with Crippen molar-refractivity contribution in [1.82, 2.24) is 10.6 Å². The molecule has 6 heteroatoms. The van der Waals surface area contributed by atoms with Gasteiger partial charge in [-0.15, -0.1) is 0 Å². The molecule has 3 amide bonds. The third-order valence-electron chi connectivity index (χ3n) is 6.07. The summed E-state index contributed by atoms with van der Waals surface area (Å²) in [6.45, 7) is 9.01. The molecule has 0 saturated carbocycles. The van der Waals surface area contributed by atoms with E-state index in [-0.39, 0.29) is 18.0 Å². The molecule has 3 N–H and O–H groups in total. The molecule has 0 bridgehead atoms. The van der Waals surface area contributed by atoms with Crippen molar-refractivity contribution in [1.29, 1.82) is 0 Å². The van der Waals surface area contributed by atoms with E-state index < -0.39 is 0 Å². The Balaban J connectivity index is 1.38. The zero-order valence-corrected chi connectivity index (χ0v) is 17.4. The molecule has 154 valence electrons. The van der Waals surface area contributed by atoms with Crippen LogP contribution in [-0.2, 0) is 4.79 Å². The van der Waals surface area contributed by atoms with Gasteiger partial charge in [-0.3, -0.25) is 4.79 Å². The van der Waals surface area contributed by atoms with Gasteiger partial charge in [0, 0.05) is 31.6 Å². The molecule has 2 aliphatic rings. The average Bonchev–Trinajstić information content (AvgIpc) is 2.86. The van der Waals surface area contributed by atoms with Crippen LogP contribution in [0, 0.1) is 13.8 Å². The highest BCUT2D eigenvalue weighted by Crippen LogP contribution is 2.24. The van der Waals surface area contributed by atoms with Crippen LogP contribution in [0.15, 0.2) is 18.2 Å². The Morgan fingerprint density at radius 2 is 1.89 bits per heavy atom. The van der Waals surface area contributed by atoms with Crippen molar-refractivity contribution in [2.75, 3.05) is 37.6 Å². The van der Waals surface area contributed by atoms with Crippen LogP contribution in [0.3, 0.4) is 0 Å². The summed E-state index contributed by atoms with van der Waals surface area (Å²) in [5.41, 5.74) is 3.30. The highest BCUT2D eigenvalue weighted by Gasteiger charge is 2.31. The first kappa shape index (κ1) is 20.6. The number of aryl methyl sites for hydroxylation is 2. The van der Waals surface area contributed by atoms with Gasteiger partial charge in [-0.25, -0.2) is 4.79 Å². The molecule has 6 nitrogen and oxygen atoms in total. The zero-order chi connectivity index (χ0) is 19.9. The summed E-state index contributed by atoms with van der Waals surface area (Å²) < 4.78 is 0. The van der Waals surface area contributed by atoms with E-state index in [0.717, 1.165) is 18.7 Å². The second-order valence-corrected chi connectivity index (χ2v) is 8.34. The number of nitrogens with one attached hydrogen (secondary N) is 3. The second-order valence-electron chi connectivity index (χ2n) is 8.34. The number of benzene rings is 1. The van der Waals surface area contributed by atoms with Crippen LogP contribution >= 0.6 is 0 Å². The summed E-state index contributed by atoms with van der Waals surface area (Å²) in [6, 6.07) is 5.77. The third-order valence-corrected chi connectivity index (χ3v) is 6.07. The Labute approximate surface area is 168 Å². The molecule has 0 radical (unpaired) electrons. The van der Waals surface area contributed by atoms with Crippen LogP contribution in [0.1, 0.15) is 49.7 Å². The van der Waals surface area contributed by atoms with E-state index in [1.54, 1.807) is 9.80 Å². The standard InChI is InChI=1S/C22H34N4O2/c1-17-8-9-20(14-18(17)2)26-16-19(15-21(26)27)24-22(28)23-10-7-13-25-11-5-3-4-6-12-25/h8-9,14,19H,3-7,10-13,15-16H2,1-2H3,(H2,23,24,28)/p+1/t19-/m1/s1. The number of amides is 3. The van der Waals surface area contributed by atoms with Gasteiger partial charge in [0.2, 0.25) is 5.91 Å². The number of rotatable bonds is 6. The molecule has 1 atom stereocenters. The van der Waals surface area contributed by atoms with Gasteiger partial charge < -0.3 is 20.4 Å². The molecular formula is C22H35N4O2+. The first-order valence-electron chi connectivity index (χ1n) is 10.8. The van der Waals surface area contributed by atoms with Gasteiger partial charge in [0.1, 0.15) is 0 Å². The molecule has 1 aromatic carbocycles. The Morgan fingerprint density at radius 3 is 2.61 bits per heavy atom. The second kappa shape index (κ2) is 9.92. The largest absolute Gasteiger partial charge is 0.338 e. The number of carbonyl (C=O) groups is 2. The van der Waals surface area contributed by atoms with Gasteiger partial charge in [0.15, 0.2) is 0 Å². The van der Waals surface area contributed by atoms with Crippen molar-refractivity contribution in [3.8, 4) is 0 Å². The number of carbonyl (C=O) groups excluding carboxylic acids is 2.